The highest BCUT2D eigenvalue weighted by atomic mass is 79.9. The molecule has 5 rings (SSSR count). The highest BCUT2D eigenvalue weighted by Crippen LogP contribution is 2.40. The quantitative estimate of drug-likeness (QED) is 0.526. The van der Waals surface area contributed by atoms with Crippen LogP contribution in [0.2, 0.25) is 0 Å². The van der Waals surface area contributed by atoms with Crippen molar-refractivity contribution in [3.8, 4) is 5.75 Å². The molecule has 2 amide bonds. The maximum atomic E-state index is 15.0. The molecule has 2 aliphatic rings. The van der Waals surface area contributed by atoms with Crippen LogP contribution in [0.4, 0.5) is 14.5 Å². The van der Waals surface area contributed by atoms with Crippen molar-refractivity contribution >= 4 is 39.1 Å². The number of hydrogen-bond acceptors (Lipinski definition) is 4. The van der Waals surface area contributed by atoms with Crippen molar-refractivity contribution in [2.45, 2.75) is 32.7 Å². The van der Waals surface area contributed by atoms with Gasteiger partial charge in [0.1, 0.15) is 11.5 Å². The van der Waals surface area contributed by atoms with Gasteiger partial charge < -0.3 is 14.0 Å². The molecule has 0 radical (unpaired) electrons. The summed E-state index contributed by atoms with van der Waals surface area (Å²) in [6.07, 6.45) is 2.29. The molecule has 1 saturated heterocycles. The molecule has 1 unspecified atom stereocenters. The predicted octanol–water partition coefficient (Wildman–Crippen LogP) is 3.94. The summed E-state index contributed by atoms with van der Waals surface area (Å²) in [5, 5.41) is 0. The van der Waals surface area contributed by atoms with E-state index in [4.69, 9.17) is 4.74 Å². The number of rotatable bonds is 3. The number of carbonyl (C=O) groups excluding carboxylic acids is 2. The van der Waals surface area contributed by atoms with Gasteiger partial charge in [-0.05, 0) is 47.0 Å². The summed E-state index contributed by atoms with van der Waals surface area (Å²) in [6, 6.07) is 4.52. The third-order valence-corrected chi connectivity index (χ3v) is 6.94. The van der Waals surface area contributed by atoms with Crippen LogP contribution in [0.5, 0.6) is 5.75 Å². The summed E-state index contributed by atoms with van der Waals surface area (Å²) >= 11 is 3.19. The lowest BCUT2D eigenvalue weighted by Gasteiger charge is -2.30. The van der Waals surface area contributed by atoms with Gasteiger partial charge in [-0.1, -0.05) is 0 Å². The number of carbonyl (C=O) groups is 2. The normalized spacial score (nSPS) is 18.1. The molecule has 0 saturated carbocycles. The minimum Gasteiger partial charge on any atom is -0.478 e. The van der Waals surface area contributed by atoms with Crippen LogP contribution < -0.4 is 9.64 Å². The standard InChI is InChI=1S/C23H21BrF2N4O3/c1-12-20(29-9-16(24)17(25)7-21(29)27-12)10-30-19-6-15(14-3-4-28(8-14)13(2)31)5-18(26)23(19)33-11-22(30)32/h5-7,9,14H,3-4,8,10-11H2,1-2H3. The second-order valence-electron chi connectivity index (χ2n) is 8.41. The van der Waals surface area contributed by atoms with Crippen LogP contribution in [0.1, 0.15) is 36.2 Å². The first-order valence-corrected chi connectivity index (χ1v) is 11.4. The molecule has 0 aliphatic carbocycles. The number of anilines is 1. The van der Waals surface area contributed by atoms with Crippen LogP contribution >= 0.6 is 15.9 Å². The molecule has 3 aromatic rings. The van der Waals surface area contributed by atoms with Crippen LogP contribution in [0, 0.1) is 18.6 Å². The maximum Gasteiger partial charge on any atom is 0.265 e. The third-order valence-electron chi connectivity index (χ3n) is 6.35. The average Bonchev–Trinajstić information content (AvgIpc) is 3.36. The van der Waals surface area contributed by atoms with Gasteiger partial charge in [0.25, 0.3) is 5.91 Å². The minimum absolute atomic E-state index is 0.0123. The number of likely N-dealkylation sites (tertiary alicyclic amines) is 1. The van der Waals surface area contributed by atoms with Crippen molar-refractivity contribution in [2.75, 3.05) is 24.6 Å². The molecule has 4 heterocycles. The number of aryl methyl sites for hydroxylation is 1. The molecule has 1 aromatic carbocycles. The van der Waals surface area contributed by atoms with Gasteiger partial charge >= 0.3 is 0 Å². The Hall–Kier alpha value is -3.01. The van der Waals surface area contributed by atoms with Crippen molar-refractivity contribution in [3.63, 3.8) is 0 Å². The summed E-state index contributed by atoms with van der Waals surface area (Å²) in [7, 11) is 0. The number of nitrogens with zero attached hydrogens (tertiary/aromatic N) is 4. The third kappa shape index (κ3) is 3.76. The highest BCUT2D eigenvalue weighted by molar-refractivity contribution is 9.10. The zero-order valence-corrected chi connectivity index (χ0v) is 19.7. The van der Waals surface area contributed by atoms with E-state index in [0.29, 0.717) is 35.8 Å². The van der Waals surface area contributed by atoms with E-state index in [1.807, 2.05) is 0 Å². The molecule has 0 N–H and O–H groups in total. The Balaban J connectivity index is 1.55. The SMILES string of the molecule is CC(=O)N1CCC(c2cc(F)c3c(c2)N(Cc2c(C)nc4cc(F)c(Br)cn24)C(=O)CO3)C1. The lowest BCUT2D eigenvalue weighted by atomic mass is 9.96. The molecule has 172 valence electrons. The average molecular weight is 519 g/mol. The van der Waals surface area contributed by atoms with E-state index in [-0.39, 0.29) is 41.1 Å². The Kier molecular flexibility index (Phi) is 5.35. The van der Waals surface area contributed by atoms with Gasteiger partial charge in [0.2, 0.25) is 5.91 Å². The summed E-state index contributed by atoms with van der Waals surface area (Å²) in [4.78, 5) is 32.2. The first kappa shape index (κ1) is 21.8. The first-order chi connectivity index (χ1) is 15.7. The van der Waals surface area contributed by atoms with Gasteiger partial charge in [-0.25, -0.2) is 13.8 Å². The number of ether oxygens (including phenoxy) is 1. The molecular weight excluding hydrogens is 498 g/mol. The van der Waals surface area contributed by atoms with Crippen LogP contribution in [0.15, 0.2) is 28.9 Å². The molecule has 0 bridgehead atoms. The van der Waals surface area contributed by atoms with Crippen molar-refractivity contribution < 1.29 is 23.1 Å². The van der Waals surface area contributed by atoms with E-state index < -0.39 is 11.6 Å². The lowest BCUT2D eigenvalue weighted by molar-refractivity contribution is -0.127. The largest absolute Gasteiger partial charge is 0.478 e. The number of amides is 2. The summed E-state index contributed by atoms with van der Waals surface area (Å²) in [5.74, 6) is -1.30. The molecule has 10 heteroatoms. The summed E-state index contributed by atoms with van der Waals surface area (Å²) in [6.45, 7) is 4.27. The zero-order valence-electron chi connectivity index (χ0n) is 18.1. The molecule has 0 spiro atoms. The Bertz CT molecular complexity index is 1310. The van der Waals surface area contributed by atoms with Gasteiger partial charge in [0.15, 0.2) is 18.2 Å². The van der Waals surface area contributed by atoms with Crippen molar-refractivity contribution in [2.24, 2.45) is 0 Å². The van der Waals surface area contributed by atoms with E-state index in [2.05, 4.69) is 20.9 Å². The Morgan fingerprint density at radius 1 is 1.27 bits per heavy atom. The van der Waals surface area contributed by atoms with Gasteiger partial charge in [0.05, 0.1) is 28.1 Å². The van der Waals surface area contributed by atoms with E-state index >= 15 is 4.39 Å². The van der Waals surface area contributed by atoms with Crippen molar-refractivity contribution in [3.05, 3.63) is 57.5 Å². The van der Waals surface area contributed by atoms with Crippen LogP contribution in [0.3, 0.4) is 0 Å². The van der Waals surface area contributed by atoms with Crippen molar-refractivity contribution in [1.29, 1.82) is 0 Å². The van der Waals surface area contributed by atoms with Gasteiger partial charge in [0, 0.05) is 38.2 Å². The fourth-order valence-electron chi connectivity index (χ4n) is 4.56. The van der Waals surface area contributed by atoms with Crippen LogP contribution in [-0.4, -0.2) is 45.8 Å². The van der Waals surface area contributed by atoms with E-state index in [9.17, 15) is 14.0 Å². The molecule has 1 fully saturated rings. The molecular formula is C23H21BrF2N4O3. The molecule has 2 aromatic heterocycles. The van der Waals surface area contributed by atoms with Crippen molar-refractivity contribution in [1.82, 2.24) is 14.3 Å². The fourth-order valence-corrected chi connectivity index (χ4v) is 4.88. The number of imidazole rings is 1. The van der Waals surface area contributed by atoms with Gasteiger partial charge in [-0.15, -0.1) is 0 Å². The van der Waals surface area contributed by atoms with E-state index in [1.165, 1.54) is 24.0 Å². The highest BCUT2D eigenvalue weighted by Gasteiger charge is 2.33. The lowest BCUT2D eigenvalue weighted by Crippen LogP contribution is -2.39. The Labute approximate surface area is 197 Å². The maximum absolute atomic E-state index is 15.0. The number of benzene rings is 1. The number of hydrogen-bond donors (Lipinski definition) is 0. The Morgan fingerprint density at radius 2 is 2.06 bits per heavy atom. The predicted molar refractivity (Wildman–Crippen MR) is 120 cm³/mol. The topological polar surface area (TPSA) is 67.2 Å². The van der Waals surface area contributed by atoms with Gasteiger partial charge in [-0.3, -0.25) is 14.5 Å². The summed E-state index contributed by atoms with van der Waals surface area (Å²) in [5.41, 5.74) is 2.80. The number of aromatic nitrogens is 2. The monoisotopic (exact) mass is 518 g/mol. The van der Waals surface area contributed by atoms with Crippen LogP contribution in [-0.2, 0) is 16.1 Å². The van der Waals surface area contributed by atoms with Crippen LogP contribution in [0.25, 0.3) is 5.65 Å². The molecule has 1 atom stereocenters. The number of pyridine rings is 1. The summed E-state index contributed by atoms with van der Waals surface area (Å²) < 4.78 is 36.4. The fraction of sp³-hybridized carbons (Fsp3) is 0.348. The van der Waals surface area contributed by atoms with E-state index in [1.54, 1.807) is 28.5 Å². The number of fused-ring (bicyclic) bond motifs is 2. The minimum atomic E-state index is -0.541. The number of halogens is 3. The molecule has 7 nitrogen and oxygen atoms in total. The second-order valence-corrected chi connectivity index (χ2v) is 9.27. The van der Waals surface area contributed by atoms with Gasteiger partial charge in [-0.2, -0.15) is 0 Å². The second kappa shape index (κ2) is 8.09. The molecule has 2 aliphatic heterocycles. The first-order valence-electron chi connectivity index (χ1n) is 10.6. The zero-order chi connectivity index (χ0) is 23.4. The molecule has 33 heavy (non-hydrogen) atoms. The smallest absolute Gasteiger partial charge is 0.265 e. The Morgan fingerprint density at radius 3 is 2.79 bits per heavy atom. The van der Waals surface area contributed by atoms with E-state index in [0.717, 1.165) is 12.0 Å².